The molecule has 0 spiro atoms. The van der Waals surface area contributed by atoms with Gasteiger partial charge in [-0.1, -0.05) is 0 Å². The van der Waals surface area contributed by atoms with Crippen molar-refractivity contribution < 1.29 is 0 Å². The molecule has 4 nitrogen and oxygen atoms in total. The minimum atomic E-state index is 0.592. The second-order valence-electron chi connectivity index (χ2n) is 3.67. The van der Waals surface area contributed by atoms with Crippen LogP contribution in [0, 0.1) is 0 Å². The van der Waals surface area contributed by atoms with Crippen LogP contribution in [0.5, 0.6) is 0 Å². The summed E-state index contributed by atoms with van der Waals surface area (Å²) in [5.74, 6) is 1.02. The zero-order valence-corrected chi connectivity index (χ0v) is 8.40. The summed E-state index contributed by atoms with van der Waals surface area (Å²) in [5.41, 5.74) is 6.31. The van der Waals surface area contributed by atoms with E-state index in [1.807, 2.05) is 19.2 Å². The van der Waals surface area contributed by atoms with E-state index in [2.05, 4.69) is 15.2 Å². The highest BCUT2D eigenvalue weighted by Crippen LogP contribution is 2.18. The van der Waals surface area contributed by atoms with Gasteiger partial charge >= 0.3 is 0 Å². The molecule has 1 saturated heterocycles. The highest BCUT2D eigenvalue weighted by Gasteiger charge is 2.21. The van der Waals surface area contributed by atoms with Crippen molar-refractivity contribution in [2.24, 2.45) is 0 Å². The lowest BCUT2D eigenvalue weighted by Crippen LogP contribution is -2.29. The predicted octanol–water partition coefficient (Wildman–Crippen LogP) is 0.462. The van der Waals surface area contributed by atoms with Crippen LogP contribution in [0.4, 0.5) is 11.5 Å². The van der Waals surface area contributed by atoms with Crippen LogP contribution in [0.2, 0.25) is 0 Å². The van der Waals surface area contributed by atoms with Gasteiger partial charge in [0.15, 0.2) is 0 Å². The monoisotopic (exact) mass is 192 g/mol. The Morgan fingerprint density at radius 2 is 2.43 bits per heavy atom. The second kappa shape index (κ2) is 3.84. The normalized spacial score (nSPS) is 21.5. The van der Waals surface area contributed by atoms with Crippen LogP contribution < -0.4 is 16.0 Å². The standard InChI is InChI=1S/C10H16N4/c1-12-9-4-5-14(7-9)10-3-2-8(11)6-13-10/h2-3,6,9,12H,4-5,7,11H2,1H3/t9-/m0/s1. The van der Waals surface area contributed by atoms with Gasteiger partial charge in [0.05, 0.1) is 11.9 Å². The largest absolute Gasteiger partial charge is 0.397 e. The number of nitrogen functional groups attached to an aromatic ring is 1. The molecule has 76 valence electrons. The molecular formula is C10H16N4. The Hall–Kier alpha value is -1.29. The summed E-state index contributed by atoms with van der Waals surface area (Å²) in [7, 11) is 2.00. The lowest BCUT2D eigenvalue weighted by atomic mass is 10.3. The molecule has 1 atom stereocenters. The molecule has 0 unspecified atom stereocenters. The highest BCUT2D eigenvalue weighted by atomic mass is 15.2. The maximum absolute atomic E-state index is 5.59. The van der Waals surface area contributed by atoms with E-state index in [4.69, 9.17) is 5.73 Å². The fourth-order valence-electron chi connectivity index (χ4n) is 1.79. The van der Waals surface area contributed by atoms with Gasteiger partial charge in [0.2, 0.25) is 0 Å². The van der Waals surface area contributed by atoms with Crippen LogP contribution in [0.3, 0.4) is 0 Å². The lowest BCUT2D eigenvalue weighted by molar-refractivity contribution is 0.616. The van der Waals surface area contributed by atoms with E-state index in [0.29, 0.717) is 6.04 Å². The van der Waals surface area contributed by atoms with E-state index in [-0.39, 0.29) is 0 Å². The molecule has 0 amide bonds. The van der Waals surface area contributed by atoms with Crippen LogP contribution in [-0.4, -0.2) is 31.2 Å². The quantitative estimate of drug-likeness (QED) is 0.715. The van der Waals surface area contributed by atoms with Crippen LogP contribution in [-0.2, 0) is 0 Å². The molecule has 1 fully saturated rings. The lowest BCUT2D eigenvalue weighted by Gasteiger charge is -2.17. The van der Waals surface area contributed by atoms with Gasteiger partial charge in [-0.05, 0) is 25.6 Å². The van der Waals surface area contributed by atoms with Crippen LogP contribution >= 0.6 is 0 Å². The molecule has 3 N–H and O–H groups in total. The van der Waals surface area contributed by atoms with Crippen LogP contribution in [0.15, 0.2) is 18.3 Å². The van der Waals surface area contributed by atoms with Gasteiger partial charge < -0.3 is 16.0 Å². The Labute approximate surface area is 84.1 Å². The van der Waals surface area contributed by atoms with E-state index in [1.54, 1.807) is 6.20 Å². The van der Waals surface area contributed by atoms with Crippen molar-refractivity contribution in [2.75, 3.05) is 30.8 Å². The maximum atomic E-state index is 5.59. The van der Waals surface area contributed by atoms with Gasteiger partial charge in [-0.2, -0.15) is 0 Å². The third-order valence-electron chi connectivity index (χ3n) is 2.69. The predicted molar refractivity (Wildman–Crippen MR) is 58.3 cm³/mol. The van der Waals surface area contributed by atoms with Crippen LogP contribution in [0.25, 0.3) is 0 Å². The molecular weight excluding hydrogens is 176 g/mol. The summed E-state index contributed by atoms with van der Waals surface area (Å²) in [4.78, 5) is 6.58. The highest BCUT2D eigenvalue weighted by molar-refractivity contribution is 5.46. The molecule has 1 aliphatic heterocycles. The second-order valence-corrected chi connectivity index (χ2v) is 3.67. The average Bonchev–Trinajstić information content (AvgIpc) is 2.67. The number of anilines is 2. The summed E-state index contributed by atoms with van der Waals surface area (Å²) < 4.78 is 0. The summed E-state index contributed by atoms with van der Waals surface area (Å²) in [6.45, 7) is 2.11. The first-order chi connectivity index (χ1) is 6.79. The number of aromatic nitrogens is 1. The molecule has 4 heteroatoms. The van der Waals surface area contributed by atoms with Crippen LogP contribution in [0.1, 0.15) is 6.42 Å². The number of hydrogen-bond donors (Lipinski definition) is 2. The minimum Gasteiger partial charge on any atom is -0.397 e. The summed E-state index contributed by atoms with van der Waals surface area (Å²) in [6, 6.07) is 4.47. The number of likely N-dealkylation sites (N-methyl/N-ethyl adjacent to an activating group) is 1. The summed E-state index contributed by atoms with van der Waals surface area (Å²) in [5, 5.41) is 3.28. The zero-order valence-electron chi connectivity index (χ0n) is 8.40. The Bertz CT molecular complexity index is 295. The molecule has 1 aromatic heterocycles. The van der Waals surface area contributed by atoms with Crippen molar-refractivity contribution in [2.45, 2.75) is 12.5 Å². The van der Waals surface area contributed by atoms with Gasteiger partial charge in [0, 0.05) is 19.1 Å². The maximum Gasteiger partial charge on any atom is 0.128 e. The first kappa shape index (κ1) is 9.27. The third kappa shape index (κ3) is 1.80. The fourth-order valence-corrected chi connectivity index (χ4v) is 1.79. The average molecular weight is 192 g/mol. The van der Waals surface area contributed by atoms with E-state index in [1.165, 1.54) is 6.42 Å². The fraction of sp³-hybridized carbons (Fsp3) is 0.500. The Kier molecular flexibility index (Phi) is 2.54. The molecule has 2 rings (SSSR count). The molecule has 1 aliphatic rings. The van der Waals surface area contributed by atoms with Gasteiger partial charge in [-0.3, -0.25) is 0 Å². The first-order valence-corrected chi connectivity index (χ1v) is 4.93. The number of nitrogens with zero attached hydrogens (tertiary/aromatic N) is 2. The molecule has 1 aromatic rings. The van der Waals surface area contributed by atoms with Gasteiger partial charge in [-0.25, -0.2) is 4.98 Å². The molecule has 0 saturated carbocycles. The van der Waals surface area contributed by atoms with E-state index in [9.17, 15) is 0 Å². The van der Waals surface area contributed by atoms with Crippen molar-refractivity contribution in [3.63, 3.8) is 0 Å². The first-order valence-electron chi connectivity index (χ1n) is 4.93. The van der Waals surface area contributed by atoms with E-state index < -0.39 is 0 Å². The Morgan fingerprint density at radius 1 is 1.57 bits per heavy atom. The smallest absolute Gasteiger partial charge is 0.128 e. The van der Waals surface area contributed by atoms with Crippen molar-refractivity contribution in [3.8, 4) is 0 Å². The van der Waals surface area contributed by atoms with Crippen molar-refractivity contribution >= 4 is 11.5 Å². The number of nitrogens with two attached hydrogens (primary N) is 1. The van der Waals surface area contributed by atoms with Crippen molar-refractivity contribution in [3.05, 3.63) is 18.3 Å². The molecule has 0 aromatic carbocycles. The zero-order chi connectivity index (χ0) is 9.97. The molecule has 0 radical (unpaired) electrons. The SMILES string of the molecule is CN[C@H]1CCN(c2ccc(N)cn2)C1. The number of nitrogens with one attached hydrogen (secondary N) is 1. The number of pyridine rings is 1. The topological polar surface area (TPSA) is 54.2 Å². The molecule has 2 heterocycles. The number of rotatable bonds is 2. The van der Waals surface area contributed by atoms with Gasteiger partial charge in [-0.15, -0.1) is 0 Å². The Balaban J connectivity index is 2.06. The number of hydrogen-bond acceptors (Lipinski definition) is 4. The van der Waals surface area contributed by atoms with Crippen molar-refractivity contribution in [1.29, 1.82) is 0 Å². The summed E-state index contributed by atoms with van der Waals surface area (Å²) in [6.07, 6.45) is 2.89. The Morgan fingerprint density at radius 3 is 3.00 bits per heavy atom. The van der Waals surface area contributed by atoms with E-state index >= 15 is 0 Å². The van der Waals surface area contributed by atoms with Gasteiger partial charge in [0.1, 0.15) is 5.82 Å². The molecule has 0 bridgehead atoms. The van der Waals surface area contributed by atoms with E-state index in [0.717, 1.165) is 24.6 Å². The van der Waals surface area contributed by atoms with Crippen molar-refractivity contribution in [1.82, 2.24) is 10.3 Å². The summed E-state index contributed by atoms with van der Waals surface area (Å²) >= 11 is 0. The minimum absolute atomic E-state index is 0.592. The molecule has 14 heavy (non-hydrogen) atoms. The van der Waals surface area contributed by atoms with Gasteiger partial charge in [0.25, 0.3) is 0 Å². The third-order valence-corrected chi connectivity index (χ3v) is 2.69. The molecule has 0 aliphatic carbocycles.